The molecule has 9 nitrogen and oxygen atoms in total. The molecule has 1 fully saturated rings. The summed E-state index contributed by atoms with van der Waals surface area (Å²) in [5, 5.41) is 3.91. The monoisotopic (exact) mass is 737 g/mol. The molecule has 0 heterocycles. The Morgan fingerprint density at radius 1 is 0.880 bits per heavy atom. The van der Waals surface area contributed by atoms with Gasteiger partial charge in [-0.05, 0) is 67.3 Å². The van der Waals surface area contributed by atoms with Crippen LogP contribution in [0.15, 0.2) is 95.9 Å². The molecule has 0 aromatic heterocycles. The molecule has 1 aliphatic carbocycles. The van der Waals surface area contributed by atoms with Gasteiger partial charge < -0.3 is 19.7 Å². The Hall–Kier alpha value is -4.25. The second-order valence-corrected chi connectivity index (χ2v) is 15.0. The molecular weight excluding hydrogens is 697 g/mol. The van der Waals surface area contributed by atoms with Gasteiger partial charge in [0.25, 0.3) is 10.0 Å². The van der Waals surface area contributed by atoms with Crippen LogP contribution in [0.1, 0.15) is 42.4 Å². The summed E-state index contributed by atoms with van der Waals surface area (Å²) >= 11 is 12.8. The Bertz CT molecular complexity index is 1900. The van der Waals surface area contributed by atoms with Gasteiger partial charge in [0.2, 0.25) is 11.8 Å². The third kappa shape index (κ3) is 8.91. The van der Waals surface area contributed by atoms with E-state index in [0.717, 1.165) is 41.1 Å². The number of hydrogen-bond donors (Lipinski definition) is 1. The predicted molar refractivity (Wildman–Crippen MR) is 197 cm³/mol. The Morgan fingerprint density at radius 3 is 2.20 bits per heavy atom. The van der Waals surface area contributed by atoms with Gasteiger partial charge in [-0.1, -0.05) is 90.1 Å². The molecule has 0 radical (unpaired) electrons. The number of amides is 2. The number of ether oxygens (including phenoxy) is 2. The minimum absolute atomic E-state index is 0.00803. The van der Waals surface area contributed by atoms with E-state index in [0.29, 0.717) is 21.4 Å². The van der Waals surface area contributed by atoms with Crippen molar-refractivity contribution in [3.63, 3.8) is 0 Å². The molecule has 12 heteroatoms. The van der Waals surface area contributed by atoms with Gasteiger partial charge in [-0.15, -0.1) is 0 Å². The molecule has 5 rings (SSSR count). The summed E-state index contributed by atoms with van der Waals surface area (Å²) in [7, 11) is -1.48. The van der Waals surface area contributed by atoms with E-state index in [1.807, 2.05) is 37.3 Å². The number of methoxy groups -OCH3 is 2. The molecule has 0 unspecified atom stereocenters. The van der Waals surface area contributed by atoms with Gasteiger partial charge in [0.15, 0.2) is 11.5 Å². The topological polar surface area (TPSA) is 105 Å². The molecule has 1 aliphatic rings. The lowest BCUT2D eigenvalue weighted by Gasteiger charge is -2.34. The molecule has 0 spiro atoms. The highest BCUT2D eigenvalue weighted by atomic mass is 35.5. The van der Waals surface area contributed by atoms with Crippen molar-refractivity contribution < 1.29 is 27.5 Å². The summed E-state index contributed by atoms with van der Waals surface area (Å²) in [5.41, 5.74) is 2.58. The average Bonchev–Trinajstić information content (AvgIpc) is 3.63. The largest absolute Gasteiger partial charge is 0.493 e. The number of anilines is 1. The fraction of sp³-hybridized carbons (Fsp3) is 0.316. The molecule has 50 heavy (non-hydrogen) atoms. The lowest BCUT2D eigenvalue weighted by molar-refractivity contribution is -0.140. The summed E-state index contributed by atoms with van der Waals surface area (Å²) in [5.74, 6) is -0.339. The zero-order chi connectivity index (χ0) is 35.8. The highest BCUT2D eigenvalue weighted by Crippen LogP contribution is 2.33. The zero-order valence-corrected chi connectivity index (χ0v) is 30.6. The maximum atomic E-state index is 14.8. The van der Waals surface area contributed by atoms with E-state index in [1.54, 1.807) is 42.5 Å². The van der Waals surface area contributed by atoms with Gasteiger partial charge in [0.05, 0.1) is 24.8 Å². The first kappa shape index (κ1) is 37.0. The number of halogens is 2. The second kappa shape index (κ2) is 16.6. The van der Waals surface area contributed by atoms with E-state index >= 15 is 0 Å². The van der Waals surface area contributed by atoms with Crippen molar-refractivity contribution in [2.75, 3.05) is 25.1 Å². The van der Waals surface area contributed by atoms with Crippen molar-refractivity contribution in [1.82, 2.24) is 10.2 Å². The summed E-state index contributed by atoms with van der Waals surface area (Å²) in [6.45, 7) is 1.21. The number of sulfonamides is 1. The van der Waals surface area contributed by atoms with E-state index < -0.39 is 28.5 Å². The lowest BCUT2D eigenvalue weighted by Crippen LogP contribution is -2.54. The number of carbonyl (C=O) groups is 2. The van der Waals surface area contributed by atoms with Gasteiger partial charge in [-0.2, -0.15) is 0 Å². The summed E-state index contributed by atoms with van der Waals surface area (Å²) < 4.78 is 40.7. The summed E-state index contributed by atoms with van der Waals surface area (Å²) in [6.07, 6.45) is 3.92. The van der Waals surface area contributed by atoms with Crippen molar-refractivity contribution in [3.05, 3.63) is 118 Å². The fourth-order valence-electron chi connectivity index (χ4n) is 6.10. The highest BCUT2D eigenvalue weighted by molar-refractivity contribution is 7.92. The first-order chi connectivity index (χ1) is 24.0. The normalized spacial score (nSPS) is 13.8. The highest BCUT2D eigenvalue weighted by Gasteiger charge is 2.36. The Labute approximate surface area is 304 Å². The Balaban J connectivity index is 1.60. The number of hydrogen-bond acceptors (Lipinski definition) is 6. The van der Waals surface area contributed by atoms with E-state index in [-0.39, 0.29) is 41.2 Å². The first-order valence-corrected chi connectivity index (χ1v) is 18.6. The van der Waals surface area contributed by atoms with Gasteiger partial charge in [-0.25, -0.2) is 8.42 Å². The molecule has 4 aromatic carbocycles. The van der Waals surface area contributed by atoms with E-state index in [4.69, 9.17) is 32.7 Å². The molecule has 4 aromatic rings. The van der Waals surface area contributed by atoms with Crippen LogP contribution in [0.2, 0.25) is 10.0 Å². The fourth-order valence-corrected chi connectivity index (χ4v) is 8.00. The molecule has 264 valence electrons. The maximum Gasteiger partial charge on any atom is 0.264 e. The van der Waals surface area contributed by atoms with Crippen LogP contribution in [0, 0.1) is 6.92 Å². The van der Waals surface area contributed by atoms with Crippen LogP contribution in [0.4, 0.5) is 5.69 Å². The second-order valence-electron chi connectivity index (χ2n) is 12.3. The molecule has 1 saturated carbocycles. The Kier molecular flexibility index (Phi) is 12.3. The number of benzene rings is 4. The SMILES string of the molecule is COc1ccc(S(=O)(=O)N(CC(=O)N(Cc2ccc(Cl)cc2Cl)[C@@H](Cc2ccccc2)C(=O)NC2CCCC2)c2ccc(C)cc2)cc1OC. The molecule has 1 atom stereocenters. The standard InChI is InChI=1S/C38H41Cl2N3O6S/c1-26-13-17-31(18-14-26)43(50(46,47)32-19-20-35(48-2)36(23-32)49-3)25-37(44)42(24-28-15-16-29(39)22-33(28)40)34(21-27-9-5-4-6-10-27)38(45)41-30-11-7-8-12-30/h4-6,9-10,13-20,22-23,30,34H,7-8,11-12,21,24-25H2,1-3H3,(H,41,45)/t34-/m0/s1. The van der Waals surface area contributed by atoms with Crippen LogP contribution >= 0.6 is 23.2 Å². The van der Waals surface area contributed by atoms with Crippen LogP contribution in [-0.4, -0.2) is 58.0 Å². The predicted octanol–water partition coefficient (Wildman–Crippen LogP) is 7.21. The van der Waals surface area contributed by atoms with Crippen molar-refractivity contribution in [2.45, 2.75) is 62.6 Å². The van der Waals surface area contributed by atoms with Crippen LogP contribution in [0.3, 0.4) is 0 Å². The quantitative estimate of drug-likeness (QED) is 0.147. The molecule has 0 bridgehead atoms. The third-order valence-electron chi connectivity index (χ3n) is 8.87. The van der Waals surface area contributed by atoms with Crippen molar-refractivity contribution in [1.29, 1.82) is 0 Å². The van der Waals surface area contributed by atoms with Crippen LogP contribution in [-0.2, 0) is 32.6 Å². The Morgan fingerprint density at radius 2 is 1.56 bits per heavy atom. The minimum atomic E-state index is -4.36. The van der Waals surface area contributed by atoms with Gasteiger partial charge in [0, 0.05) is 35.1 Å². The van der Waals surface area contributed by atoms with Gasteiger partial charge in [0.1, 0.15) is 12.6 Å². The van der Waals surface area contributed by atoms with Crippen molar-refractivity contribution in [3.8, 4) is 11.5 Å². The van der Waals surface area contributed by atoms with Crippen LogP contribution < -0.4 is 19.1 Å². The number of nitrogens with zero attached hydrogens (tertiary/aromatic N) is 2. The van der Waals surface area contributed by atoms with Crippen molar-refractivity contribution in [2.24, 2.45) is 0 Å². The molecule has 2 amide bonds. The van der Waals surface area contributed by atoms with Crippen LogP contribution in [0.5, 0.6) is 11.5 Å². The van der Waals surface area contributed by atoms with Gasteiger partial charge in [-0.3, -0.25) is 13.9 Å². The third-order valence-corrected chi connectivity index (χ3v) is 11.2. The lowest BCUT2D eigenvalue weighted by atomic mass is 10.0. The zero-order valence-electron chi connectivity index (χ0n) is 28.3. The van der Waals surface area contributed by atoms with E-state index in [2.05, 4.69) is 5.32 Å². The smallest absolute Gasteiger partial charge is 0.264 e. The molecule has 0 aliphatic heterocycles. The molecule has 1 N–H and O–H groups in total. The van der Waals surface area contributed by atoms with E-state index in [9.17, 15) is 18.0 Å². The maximum absolute atomic E-state index is 14.8. The summed E-state index contributed by atoms with van der Waals surface area (Å²) in [4.78, 5) is 30.3. The van der Waals surface area contributed by atoms with Crippen LogP contribution in [0.25, 0.3) is 0 Å². The molecule has 0 saturated heterocycles. The minimum Gasteiger partial charge on any atom is -0.493 e. The number of rotatable bonds is 14. The summed E-state index contributed by atoms with van der Waals surface area (Å²) in [6, 6.07) is 24.5. The van der Waals surface area contributed by atoms with Gasteiger partial charge >= 0.3 is 0 Å². The van der Waals surface area contributed by atoms with Crippen molar-refractivity contribution >= 4 is 50.7 Å². The molecular formula is C38H41Cl2N3O6S. The average molecular weight is 739 g/mol. The number of aryl methyl sites for hydroxylation is 1. The number of nitrogens with one attached hydrogen (secondary N) is 1. The first-order valence-electron chi connectivity index (χ1n) is 16.4. The number of carbonyl (C=O) groups excluding carboxylic acids is 2. The van der Waals surface area contributed by atoms with E-state index in [1.165, 1.54) is 37.3 Å².